The molecule has 0 aliphatic heterocycles. The van der Waals surface area contributed by atoms with Crippen molar-refractivity contribution in [1.82, 2.24) is 8.69 Å². The Morgan fingerprint density at radius 1 is 0.776 bits per heavy atom. The van der Waals surface area contributed by atoms with E-state index < -0.39 is 51.7 Å². The molecule has 5 nitrogen and oxygen atoms in total. The van der Waals surface area contributed by atoms with Crippen LogP contribution < -0.4 is 15.3 Å². The van der Waals surface area contributed by atoms with Crippen LogP contribution in [-0.4, -0.2) is 30.1 Å². The number of fused-ring (bicyclic) bond motifs is 1. The van der Waals surface area contributed by atoms with Crippen molar-refractivity contribution < 1.29 is 21.8 Å². The molecular formula is C38H38BF2N2O3PS2. The number of nitrogens with zero attached hydrogens (tertiary/aromatic N) is 1. The lowest BCUT2D eigenvalue weighted by Crippen LogP contribution is -2.42. The second-order valence-electron chi connectivity index (χ2n) is 12.4. The van der Waals surface area contributed by atoms with Gasteiger partial charge in [0.1, 0.15) is 22.4 Å². The molecular weight excluding hydrogens is 676 g/mol. The highest BCUT2D eigenvalue weighted by molar-refractivity contribution is 7.91. The molecule has 0 saturated carbocycles. The highest BCUT2D eigenvalue weighted by atomic mass is 32.2. The molecule has 0 amide bonds. The zero-order valence-electron chi connectivity index (χ0n) is 26.7. The molecule has 252 valence electrons. The first kappa shape index (κ1) is 36.5. The van der Waals surface area contributed by atoms with Crippen LogP contribution in [0, 0.1) is 11.6 Å². The van der Waals surface area contributed by atoms with Gasteiger partial charge in [-0.15, -0.1) is 4.72 Å². The van der Waals surface area contributed by atoms with Gasteiger partial charge < -0.3 is 4.55 Å². The third-order valence-electron chi connectivity index (χ3n) is 7.98. The topological polar surface area (TPSA) is 74.2 Å². The Balaban J connectivity index is 0.00000468. The molecule has 0 aliphatic rings. The summed E-state index contributed by atoms with van der Waals surface area (Å²) in [6.45, 7) is 5.40. The Morgan fingerprint density at radius 2 is 1.27 bits per heavy atom. The summed E-state index contributed by atoms with van der Waals surface area (Å²) in [6.07, 6.45) is 0.261. The van der Waals surface area contributed by atoms with Crippen molar-refractivity contribution in [2.24, 2.45) is 0 Å². The van der Waals surface area contributed by atoms with Crippen LogP contribution in [0.3, 0.4) is 0 Å². The zero-order valence-corrected chi connectivity index (χ0v) is 29.2. The fourth-order valence-corrected chi connectivity index (χ4v) is 10.6. The molecule has 0 spiro atoms. The minimum absolute atomic E-state index is 0. The second kappa shape index (κ2) is 15.0. The minimum Gasteiger partial charge on any atom is -0.598 e. The first-order chi connectivity index (χ1) is 22.9. The van der Waals surface area contributed by atoms with Crippen molar-refractivity contribution in [2.75, 3.05) is 0 Å². The smallest absolute Gasteiger partial charge is 0.268 e. The van der Waals surface area contributed by atoms with Crippen LogP contribution in [0.15, 0.2) is 138 Å². The molecule has 0 radical (unpaired) electrons. The van der Waals surface area contributed by atoms with E-state index in [0.717, 1.165) is 16.7 Å². The van der Waals surface area contributed by atoms with E-state index in [-0.39, 0.29) is 25.0 Å². The molecule has 6 aromatic rings. The molecule has 2 unspecified atom stereocenters. The van der Waals surface area contributed by atoms with E-state index in [9.17, 15) is 21.8 Å². The first-order valence-corrected chi connectivity index (χ1v) is 19.5. The van der Waals surface area contributed by atoms with Gasteiger partial charge in [0.2, 0.25) is 0 Å². The third-order valence-corrected chi connectivity index (χ3v) is 13.8. The number of hydrogen-bond acceptors (Lipinski definition) is 4. The number of rotatable bonds is 10. The third kappa shape index (κ3) is 7.69. The second-order valence-corrected chi connectivity index (χ2v) is 18.3. The van der Waals surface area contributed by atoms with Gasteiger partial charge in [-0.25, -0.2) is 21.2 Å². The molecule has 1 aromatic heterocycles. The molecule has 1 N–H and O–H groups in total. The predicted molar refractivity (Wildman–Crippen MR) is 203 cm³/mol. The summed E-state index contributed by atoms with van der Waals surface area (Å²) >= 11 is -1.71. The van der Waals surface area contributed by atoms with Gasteiger partial charge in [-0.3, -0.25) is 0 Å². The van der Waals surface area contributed by atoms with Gasteiger partial charge in [-0.2, -0.15) is 0 Å². The van der Waals surface area contributed by atoms with Crippen LogP contribution in [-0.2, 0) is 27.5 Å². The lowest BCUT2D eigenvalue weighted by Gasteiger charge is -2.29. The van der Waals surface area contributed by atoms with Crippen LogP contribution in [0.5, 0.6) is 0 Å². The van der Waals surface area contributed by atoms with Crippen molar-refractivity contribution in [3.63, 3.8) is 0 Å². The standard InChI is InChI=1S/C38H35F2N2O3PS2.BH3/c1-38(2,3)47(43)41-37(27-23-28(39)25-29(40)24-27)36-33-21-13-14-22-34(33)42(48(44,45)32-19-11-6-12-20-32)35(36)26-46(30-15-7-4-8-16-30)31-17-9-5-10-18-31;/h4-25,37,41H,26H2,1-3H3;1H3. The van der Waals surface area contributed by atoms with E-state index in [2.05, 4.69) is 4.72 Å². The fourth-order valence-electron chi connectivity index (χ4n) is 5.75. The molecule has 1 heterocycles. The summed E-state index contributed by atoms with van der Waals surface area (Å²) in [5.74, 6) is -1.59. The SMILES string of the molecule is B.CC(C)(C)[S+]([O-])NC(c1cc(F)cc(F)c1)c1c(CP(c2ccccc2)c2ccccc2)n(S(=O)(=O)c2ccccc2)c2ccccc12. The highest BCUT2D eigenvalue weighted by Crippen LogP contribution is 2.45. The van der Waals surface area contributed by atoms with Crippen molar-refractivity contribution in [3.8, 4) is 0 Å². The Bertz CT molecular complexity index is 2090. The molecule has 5 aromatic carbocycles. The maximum Gasteiger partial charge on any atom is 0.268 e. The molecule has 6 rings (SSSR count). The number of para-hydroxylation sites is 1. The highest BCUT2D eigenvalue weighted by Gasteiger charge is 2.37. The summed E-state index contributed by atoms with van der Waals surface area (Å²) in [6, 6.07) is 37.3. The Labute approximate surface area is 293 Å². The largest absolute Gasteiger partial charge is 0.598 e. The van der Waals surface area contributed by atoms with E-state index in [0.29, 0.717) is 22.2 Å². The number of aromatic nitrogens is 1. The van der Waals surface area contributed by atoms with Crippen molar-refractivity contribution in [2.45, 2.75) is 42.6 Å². The van der Waals surface area contributed by atoms with Crippen LogP contribution in [0.25, 0.3) is 10.9 Å². The number of benzene rings is 5. The van der Waals surface area contributed by atoms with E-state index in [4.69, 9.17) is 0 Å². The minimum atomic E-state index is -4.20. The summed E-state index contributed by atoms with van der Waals surface area (Å²) in [7, 11) is -5.40. The summed E-state index contributed by atoms with van der Waals surface area (Å²) < 4.78 is 77.0. The van der Waals surface area contributed by atoms with E-state index in [1.807, 2.05) is 66.7 Å². The van der Waals surface area contributed by atoms with E-state index >= 15 is 0 Å². The van der Waals surface area contributed by atoms with Gasteiger partial charge in [0.15, 0.2) is 0 Å². The Hall–Kier alpha value is -3.79. The summed E-state index contributed by atoms with van der Waals surface area (Å²) in [4.78, 5) is 0.0990. The van der Waals surface area contributed by atoms with Gasteiger partial charge >= 0.3 is 0 Å². The Morgan fingerprint density at radius 3 is 1.80 bits per heavy atom. The van der Waals surface area contributed by atoms with Crippen molar-refractivity contribution in [1.29, 1.82) is 0 Å². The maximum absolute atomic E-state index is 14.9. The molecule has 49 heavy (non-hydrogen) atoms. The van der Waals surface area contributed by atoms with Gasteiger partial charge in [0.25, 0.3) is 10.0 Å². The molecule has 0 saturated heterocycles. The average Bonchev–Trinajstić information content (AvgIpc) is 3.40. The Kier molecular flexibility index (Phi) is 11.2. The molecule has 0 aliphatic carbocycles. The van der Waals surface area contributed by atoms with Gasteiger partial charge in [0, 0.05) is 40.2 Å². The first-order valence-electron chi connectivity index (χ1n) is 15.4. The molecule has 11 heteroatoms. The van der Waals surface area contributed by atoms with Crippen molar-refractivity contribution in [3.05, 3.63) is 162 Å². The number of nitrogens with one attached hydrogen (secondary N) is 1. The average molecular weight is 715 g/mol. The van der Waals surface area contributed by atoms with Crippen LogP contribution >= 0.6 is 7.92 Å². The summed E-state index contributed by atoms with van der Waals surface area (Å²) in [5, 5.41) is 2.62. The lowest BCUT2D eigenvalue weighted by atomic mass is 9.96. The van der Waals surface area contributed by atoms with Crippen LogP contribution in [0.4, 0.5) is 8.78 Å². The molecule has 2 atom stereocenters. The maximum atomic E-state index is 14.9. The van der Waals surface area contributed by atoms with E-state index in [1.54, 1.807) is 69.3 Å². The molecule has 0 bridgehead atoms. The summed E-state index contributed by atoms with van der Waals surface area (Å²) in [5.41, 5.74) is 1.53. The quantitative estimate of drug-likeness (QED) is 0.0969. The van der Waals surface area contributed by atoms with Crippen LogP contribution in [0.1, 0.15) is 43.6 Å². The van der Waals surface area contributed by atoms with Gasteiger partial charge in [-0.05, 0) is 75.2 Å². The molecule has 0 fully saturated rings. The van der Waals surface area contributed by atoms with E-state index in [1.165, 1.54) is 16.1 Å². The van der Waals surface area contributed by atoms with Gasteiger partial charge in [0.05, 0.1) is 18.8 Å². The van der Waals surface area contributed by atoms with Crippen molar-refractivity contribution >= 4 is 59.2 Å². The van der Waals surface area contributed by atoms with Crippen LogP contribution in [0.2, 0.25) is 0 Å². The lowest BCUT2D eigenvalue weighted by molar-refractivity contribution is 0.532. The fraction of sp³-hybridized carbons (Fsp3) is 0.158. The number of halogens is 2. The van der Waals surface area contributed by atoms with Gasteiger partial charge in [-0.1, -0.05) is 97.1 Å². The predicted octanol–water partition coefficient (Wildman–Crippen LogP) is 6.75. The zero-order chi connectivity index (χ0) is 34.1. The monoisotopic (exact) mass is 714 g/mol. The normalized spacial score (nSPS) is 13.3. The number of hydrogen-bond donors (Lipinski definition) is 1.